The van der Waals surface area contributed by atoms with E-state index in [2.05, 4.69) is 10.6 Å². The summed E-state index contributed by atoms with van der Waals surface area (Å²) in [6, 6.07) is 11.5. The Morgan fingerprint density at radius 2 is 1.71 bits per heavy atom. The van der Waals surface area contributed by atoms with E-state index in [9.17, 15) is 14.0 Å². The van der Waals surface area contributed by atoms with Crippen molar-refractivity contribution in [1.82, 2.24) is 10.8 Å². The van der Waals surface area contributed by atoms with Crippen LogP contribution in [0, 0.1) is 19.7 Å². The van der Waals surface area contributed by atoms with Gasteiger partial charge in [0.05, 0.1) is 0 Å². The molecule has 0 radical (unpaired) electrons. The largest absolute Gasteiger partial charge is 0.374 e. The summed E-state index contributed by atoms with van der Waals surface area (Å²) < 4.78 is 13.8. The van der Waals surface area contributed by atoms with E-state index < -0.39 is 11.9 Å². The second-order valence-corrected chi connectivity index (χ2v) is 6.71. The molecular formula is C21H26FN3O3. The quantitative estimate of drug-likeness (QED) is 0.302. The standard InChI is InChI=1S/C21H26FN3O3/c1-14-12-17(13-15(2)19(14)22)24-18(21(27)25-28)10-6-7-11-23-20(26)16-8-4-3-5-9-16/h3-5,8-9,12-13,18,24,28H,6-7,10-11H2,1-2H3,(H,23,26)(H,25,27)/t18-/m1/s1. The first-order valence-corrected chi connectivity index (χ1v) is 9.23. The fourth-order valence-corrected chi connectivity index (χ4v) is 2.94. The number of carbonyl (C=O) groups excluding carboxylic acids is 2. The van der Waals surface area contributed by atoms with E-state index in [1.54, 1.807) is 55.7 Å². The molecule has 0 aliphatic rings. The highest BCUT2D eigenvalue weighted by Crippen LogP contribution is 2.20. The number of hydroxylamine groups is 1. The zero-order valence-corrected chi connectivity index (χ0v) is 16.1. The van der Waals surface area contributed by atoms with Crippen LogP contribution in [0.4, 0.5) is 10.1 Å². The van der Waals surface area contributed by atoms with Crippen molar-refractivity contribution in [2.45, 2.75) is 39.2 Å². The molecule has 6 nitrogen and oxygen atoms in total. The molecular weight excluding hydrogens is 361 g/mol. The van der Waals surface area contributed by atoms with E-state index in [0.717, 1.165) is 0 Å². The van der Waals surface area contributed by atoms with Gasteiger partial charge in [0, 0.05) is 17.8 Å². The minimum Gasteiger partial charge on any atom is -0.374 e. The predicted molar refractivity (Wildman–Crippen MR) is 106 cm³/mol. The number of aryl methyl sites for hydroxylation is 2. The summed E-state index contributed by atoms with van der Waals surface area (Å²) in [6.07, 6.45) is 1.78. The fourth-order valence-electron chi connectivity index (χ4n) is 2.94. The second-order valence-electron chi connectivity index (χ2n) is 6.71. The maximum atomic E-state index is 13.8. The average Bonchev–Trinajstić information content (AvgIpc) is 2.70. The van der Waals surface area contributed by atoms with Crippen molar-refractivity contribution in [3.63, 3.8) is 0 Å². The number of amides is 2. The Hall–Kier alpha value is -2.93. The van der Waals surface area contributed by atoms with Crippen LogP contribution < -0.4 is 16.1 Å². The number of rotatable bonds is 9. The van der Waals surface area contributed by atoms with Crippen LogP contribution >= 0.6 is 0 Å². The van der Waals surface area contributed by atoms with E-state index in [4.69, 9.17) is 5.21 Å². The molecule has 0 heterocycles. The van der Waals surface area contributed by atoms with Gasteiger partial charge in [-0.3, -0.25) is 14.8 Å². The normalized spacial score (nSPS) is 11.6. The van der Waals surface area contributed by atoms with Gasteiger partial charge < -0.3 is 10.6 Å². The zero-order valence-electron chi connectivity index (χ0n) is 16.1. The monoisotopic (exact) mass is 387 g/mol. The van der Waals surface area contributed by atoms with Crippen LogP contribution in [0.5, 0.6) is 0 Å². The highest BCUT2D eigenvalue weighted by atomic mass is 19.1. The van der Waals surface area contributed by atoms with Gasteiger partial charge in [0.25, 0.3) is 11.8 Å². The van der Waals surface area contributed by atoms with Gasteiger partial charge in [0.1, 0.15) is 11.9 Å². The van der Waals surface area contributed by atoms with Crippen molar-refractivity contribution < 1.29 is 19.2 Å². The molecule has 2 rings (SSSR count). The van der Waals surface area contributed by atoms with E-state index >= 15 is 0 Å². The highest BCUT2D eigenvalue weighted by Gasteiger charge is 2.18. The number of unbranched alkanes of at least 4 members (excludes halogenated alkanes) is 1. The third kappa shape index (κ3) is 6.06. The number of carbonyl (C=O) groups is 2. The lowest BCUT2D eigenvalue weighted by Crippen LogP contribution is -2.38. The maximum absolute atomic E-state index is 13.8. The molecule has 0 saturated carbocycles. The number of hydrogen-bond acceptors (Lipinski definition) is 4. The van der Waals surface area contributed by atoms with Crippen molar-refractivity contribution >= 4 is 17.5 Å². The summed E-state index contributed by atoms with van der Waals surface area (Å²) in [4.78, 5) is 23.9. The Morgan fingerprint density at radius 3 is 2.32 bits per heavy atom. The van der Waals surface area contributed by atoms with Gasteiger partial charge in [-0.1, -0.05) is 18.2 Å². The average molecular weight is 387 g/mol. The second kappa shape index (κ2) is 10.4. The molecule has 28 heavy (non-hydrogen) atoms. The molecule has 0 saturated heterocycles. The van der Waals surface area contributed by atoms with Gasteiger partial charge in [-0.25, -0.2) is 9.87 Å². The third-order valence-electron chi connectivity index (χ3n) is 4.45. The van der Waals surface area contributed by atoms with Crippen molar-refractivity contribution in [2.24, 2.45) is 0 Å². The summed E-state index contributed by atoms with van der Waals surface area (Å²) in [6.45, 7) is 3.80. The van der Waals surface area contributed by atoms with Crippen molar-refractivity contribution in [2.75, 3.05) is 11.9 Å². The van der Waals surface area contributed by atoms with E-state index in [-0.39, 0.29) is 11.7 Å². The number of nitrogens with one attached hydrogen (secondary N) is 3. The first-order valence-electron chi connectivity index (χ1n) is 9.23. The zero-order chi connectivity index (χ0) is 20.5. The molecule has 0 spiro atoms. The first-order chi connectivity index (χ1) is 13.4. The molecule has 0 aliphatic carbocycles. The minimum absolute atomic E-state index is 0.138. The number of hydrogen-bond donors (Lipinski definition) is 4. The van der Waals surface area contributed by atoms with Gasteiger partial charge in [-0.15, -0.1) is 0 Å². The Balaban J connectivity index is 1.84. The molecule has 2 aromatic rings. The summed E-state index contributed by atoms with van der Waals surface area (Å²) in [5.74, 6) is -0.976. The molecule has 0 aliphatic heterocycles. The molecule has 4 N–H and O–H groups in total. The lowest BCUT2D eigenvalue weighted by Gasteiger charge is -2.19. The lowest BCUT2D eigenvalue weighted by molar-refractivity contribution is -0.130. The lowest BCUT2D eigenvalue weighted by atomic mass is 10.1. The Bertz CT molecular complexity index is 789. The first kappa shape index (κ1) is 21.4. The van der Waals surface area contributed by atoms with Crippen LogP contribution in [-0.4, -0.2) is 29.6 Å². The van der Waals surface area contributed by atoms with Crippen LogP contribution in [0.3, 0.4) is 0 Å². The van der Waals surface area contributed by atoms with Crippen molar-refractivity contribution in [3.05, 3.63) is 65.0 Å². The third-order valence-corrected chi connectivity index (χ3v) is 4.45. The molecule has 1 atom stereocenters. The molecule has 0 unspecified atom stereocenters. The SMILES string of the molecule is Cc1cc(N[C@H](CCCCNC(=O)c2ccccc2)C(=O)NO)cc(C)c1F. The molecule has 7 heteroatoms. The van der Waals surface area contributed by atoms with E-state index in [0.29, 0.717) is 48.2 Å². The van der Waals surface area contributed by atoms with Crippen molar-refractivity contribution in [1.29, 1.82) is 0 Å². The van der Waals surface area contributed by atoms with Gasteiger partial charge in [0.2, 0.25) is 0 Å². The van der Waals surface area contributed by atoms with Crippen molar-refractivity contribution in [3.8, 4) is 0 Å². The Labute approximate surface area is 164 Å². The van der Waals surface area contributed by atoms with Gasteiger partial charge in [-0.2, -0.15) is 0 Å². The van der Waals surface area contributed by atoms with E-state index in [1.807, 2.05) is 6.07 Å². The number of halogens is 1. The summed E-state index contributed by atoms with van der Waals surface area (Å²) in [5, 5.41) is 14.9. The topological polar surface area (TPSA) is 90.5 Å². The van der Waals surface area contributed by atoms with Crippen LogP contribution in [0.25, 0.3) is 0 Å². The van der Waals surface area contributed by atoms with E-state index in [1.165, 1.54) is 0 Å². The highest BCUT2D eigenvalue weighted by molar-refractivity contribution is 5.94. The summed E-state index contributed by atoms with van der Waals surface area (Å²) >= 11 is 0. The fraction of sp³-hybridized carbons (Fsp3) is 0.333. The van der Waals surface area contributed by atoms with Crippen LogP contribution in [0.2, 0.25) is 0 Å². The van der Waals surface area contributed by atoms with Crippen LogP contribution in [0.1, 0.15) is 40.7 Å². The molecule has 150 valence electrons. The molecule has 0 aromatic heterocycles. The van der Waals surface area contributed by atoms with Gasteiger partial charge >= 0.3 is 0 Å². The maximum Gasteiger partial charge on any atom is 0.265 e. The van der Waals surface area contributed by atoms with Crippen LogP contribution in [-0.2, 0) is 4.79 Å². The molecule has 0 bridgehead atoms. The van der Waals surface area contributed by atoms with Gasteiger partial charge in [-0.05, 0) is 68.5 Å². The smallest absolute Gasteiger partial charge is 0.265 e. The summed E-state index contributed by atoms with van der Waals surface area (Å²) in [5.41, 5.74) is 3.84. The predicted octanol–water partition coefficient (Wildman–Crippen LogP) is 3.33. The molecule has 2 amide bonds. The molecule has 2 aromatic carbocycles. The van der Waals surface area contributed by atoms with Crippen LogP contribution in [0.15, 0.2) is 42.5 Å². The van der Waals surface area contributed by atoms with Gasteiger partial charge in [0.15, 0.2) is 0 Å². The minimum atomic E-state index is -0.668. The number of benzene rings is 2. The number of anilines is 1. The Morgan fingerprint density at radius 1 is 1.07 bits per heavy atom. The summed E-state index contributed by atoms with van der Waals surface area (Å²) in [7, 11) is 0. The Kier molecular flexibility index (Phi) is 7.95. The molecule has 0 fully saturated rings.